The van der Waals surface area contributed by atoms with E-state index in [1.165, 1.54) is 0 Å². The Morgan fingerprint density at radius 1 is 0.861 bits per heavy atom. The van der Waals surface area contributed by atoms with E-state index in [1.54, 1.807) is 24.7 Å². The van der Waals surface area contributed by atoms with Gasteiger partial charge in [0.25, 0.3) is 5.91 Å². The number of aromatic nitrogens is 4. The number of nitrogens with zero attached hydrogens (tertiary/aromatic N) is 3. The van der Waals surface area contributed by atoms with Gasteiger partial charge in [-0.15, -0.1) is 0 Å². The first-order chi connectivity index (χ1) is 17.8. The lowest BCUT2D eigenvalue weighted by Crippen LogP contribution is -2.28. The Morgan fingerprint density at radius 3 is 2.64 bits per heavy atom. The van der Waals surface area contributed by atoms with Crippen LogP contribution in [-0.2, 0) is 0 Å². The van der Waals surface area contributed by atoms with Crippen LogP contribution >= 0.6 is 0 Å². The third kappa shape index (κ3) is 3.15. The Hall–Kier alpha value is -4.97. The molecule has 172 valence electrons. The summed E-state index contributed by atoms with van der Waals surface area (Å²) in [6.45, 7) is 0. The SMILES string of the molecule is O=C(NC1c2ccccc2-c2c(-c3cccc(-n4cccn4)c3)cccc21)c1ccnc2[nH]ccc12. The van der Waals surface area contributed by atoms with Gasteiger partial charge in [0.1, 0.15) is 5.65 Å². The first kappa shape index (κ1) is 20.4. The Labute approximate surface area is 207 Å². The third-order valence-corrected chi connectivity index (χ3v) is 6.86. The van der Waals surface area contributed by atoms with Gasteiger partial charge in [0.15, 0.2) is 0 Å². The molecule has 0 saturated carbocycles. The highest BCUT2D eigenvalue weighted by Gasteiger charge is 2.32. The zero-order valence-corrected chi connectivity index (χ0v) is 19.2. The predicted octanol–water partition coefficient (Wildman–Crippen LogP) is 5.92. The van der Waals surface area contributed by atoms with E-state index in [2.05, 4.69) is 75.0 Å². The van der Waals surface area contributed by atoms with Gasteiger partial charge in [-0.25, -0.2) is 9.67 Å². The molecule has 1 atom stereocenters. The summed E-state index contributed by atoms with van der Waals surface area (Å²) in [5.74, 6) is -0.124. The minimum Gasteiger partial charge on any atom is -0.346 e. The number of pyridine rings is 1. The smallest absolute Gasteiger partial charge is 0.252 e. The minimum absolute atomic E-state index is 0.124. The fourth-order valence-corrected chi connectivity index (χ4v) is 5.26. The lowest BCUT2D eigenvalue weighted by molar-refractivity contribution is 0.0945. The topological polar surface area (TPSA) is 75.6 Å². The fraction of sp³-hybridized carbons (Fsp3) is 0.0333. The Bertz CT molecular complexity index is 1750. The van der Waals surface area contributed by atoms with E-state index in [9.17, 15) is 4.79 Å². The molecule has 1 unspecified atom stereocenters. The van der Waals surface area contributed by atoms with E-state index >= 15 is 0 Å². The van der Waals surface area contributed by atoms with Crippen molar-refractivity contribution in [2.45, 2.75) is 6.04 Å². The van der Waals surface area contributed by atoms with Crippen molar-refractivity contribution in [1.29, 1.82) is 0 Å². The molecule has 1 amide bonds. The van der Waals surface area contributed by atoms with Gasteiger partial charge in [-0.05, 0) is 63.7 Å². The van der Waals surface area contributed by atoms with E-state index in [0.29, 0.717) is 11.2 Å². The fourth-order valence-electron chi connectivity index (χ4n) is 5.26. The van der Waals surface area contributed by atoms with Crippen molar-refractivity contribution in [2.24, 2.45) is 0 Å². The van der Waals surface area contributed by atoms with Crippen LogP contribution in [0.3, 0.4) is 0 Å². The van der Waals surface area contributed by atoms with Crippen molar-refractivity contribution in [3.05, 3.63) is 126 Å². The third-order valence-electron chi connectivity index (χ3n) is 6.86. The van der Waals surface area contributed by atoms with Crippen molar-refractivity contribution in [3.8, 4) is 27.9 Å². The molecule has 6 aromatic rings. The second-order valence-corrected chi connectivity index (χ2v) is 8.86. The van der Waals surface area contributed by atoms with Crippen LogP contribution in [-0.4, -0.2) is 25.7 Å². The zero-order valence-electron chi connectivity index (χ0n) is 19.2. The number of carbonyl (C=O) groups excluding carboxylic acids is 1. The lowest BCUT2D eigenvalue weighted by Gasteiger charge is -2.17. The summed E-state index contributed by atoms with van der Waals surface area (Å²) in [5.41, 5.74) is 9.01. The maximum Gasteiger partial charge on any atom is 0.252 e. The Balaban J connectivity index is 1.34. The van der Waals surface area contributed by atoms with Gasteiger partial charge in [-0.3, -0.25) is 4.79 Å². The highest BCUT2D eigenvalue weighted by molar-refractivity contribution is 6.06. The molecule has 7 rings (SSSR count). The first-order valence-corrected chi connectivity index (χ1v) is 11.8. The van der Waals surface area contributed by atoms with Crippen LogP contribution in [0.25, 0.3) is 39.0 Å². The number of benzene rings is 3. The highest BCUT2D eigenvalue weighted by Crippen LogP contribution is 2.48. The average Bonchev–Trinajstić information content (AvgIpc) is 3.69. The normalized spacial score (nSPS) is 13.9. The van der Waals surface area contributed by atoms with E-state index in [0.717, 1.165) is 44.5 Å². The van der Waals surface area contributed by atoms with Crippen LogP contribution < -0.4 is 5.32 Å². The second-order valence-electron chi connectivity index (χ2n) is 8.86. The maximum atomic E-state index is 13.5. The van der Waals surface area contributed by atoms with Crippen LogP contribution in [0.5, 0.6) is 0 Å². The van der Waals surface area contributed by atoms with Crippen LogP contribution in [0.1, 0.15) is 27.5 Å². The van der Waals surface area contributed by atoms with Crippen molar-refractivity contribution in [1.82, 2.24) is 25.1 Å². The molecule has 1 aliphatic rings. The van der Waals surface area contributed by atoms with Crippen molar-refractivity contribution < 1.29 is 4.79 Å². The second kappa shape index (κ2) is 8.06. The van der Waals surface area contributed by atoms with Crippen LogP contribution in [0.2, 0.25) is 0 Å². The summed E-state index contributed by atoms with van der Waals surface area (Å²) in [4.78, 5) is 20.9. The number of amides is 1. The molecule has 3 heterocycles. The molecule has 0 saturated heterocycles. The summed E-state index contributed by atoms with van der Waals surface area (Å²) in [6, 6.07) is 28.3. The number of fused-ring (bicyclic) bond motifs is 4. The van der Waals surface area contributed by atoms with Gasteiger partial charge in [-0.2, -0.15) is 5.10 Å². The number of H-pyrrole nitrogens is 1. The van der Waals surface area contributed by atoms with E-state index in [1.807, 2.05) is 35.1 Å². The Morgan fingerprint density at radius 2 is 1.72 bits per heavy atom. The van der Waals surface area contributed by atoms with Gasteiger partial charge in [0.2, 0.25) is 0 Å². The van der Waals surface area contributed by atoms with Gasteiger partial charge >= 0.3 is 0 Å². The molecule has 3 aromatic heterocycles. The predicted molar refractivity (Wildman–Crippen MR) is 140 cm³/mol. The van der Waals surface area contributed by atoms with Crippen LogP contribution in [0.4, 0.5) is 0 Å². The largest absolute Gasteiger partial charge is 0.346 e. The van der Waals surface area contributed by atoms with E-state index < -0.39 is 0 Å². The Kier molecular flexibility index (Phi) is 4.57. The minimum atomic E-state index is -0.250. The molecule has 0 fully saturated rings. The monoisotopic (exact) mass is 467 g/mol. The van der Waals surface area contributed by atoms with Crippen LogP contribution in [0, 0.1) is 0 Å². The molecular weight excluding hydrogens is 446 g/mol. The van der Waals surface area contributed by atoms with E-state index in [4.69, 9.17) is 0 Å². The van der Waals surface area contributed by atoms with Crippen molar-refractivity contribution in [2.75, 3.05) is 0 Å². The molecule has 36 heavy (non-hydrogen) atoms. The number of hydrogen-bond donors (Lipinski definition) is 2. The highest BCUT2D eigenvalue weighted by atomic mass is 16.1. The summed E-state index contributed by atoms with van der Waals surface area (Å²) in [6.07, 6.45) is 7.18. The van der Waals surface area contributed by atoms with Crippen molar-refractivity contribution >= 4 is 16.9 Å². The summed E-state index contributed by atoms with van der Waals surface area (Å²) in [7, 11) is 0. The maximum absolute atomic E-state index is 13.5. The number of aromatic amines is 1. The summed E-state index contributed by atoms with van der Waals surface area (Å²) < 4.78 is 1.86. The number of rotatable bonds is 4. The molecular formula is C30H21N5O. The molecule has 0 radical (unpaired) electrons. The van der Waals surface area contributed by atoms with Gasteiger partial charge < -0.3 is 10.3 Å². The van der Waals surface area contributed by atoms with Crippen molar-refractivity contribution in [3.63, 3.8) is 0 Å². The summed E-state index contributed by atoms with van der Waals surface area (Å²) in [5, 5.41) is 8.50. The molecule has 0 aliphatic heterocycles. The standard InChI is InChI=1S/C30H21N5O/c36-30(25-13-16-32-29-24(25)12-15-31-29)34-28-23-9-2-1-8-22(23)27-21(10-4-11-26(27)28)19-6-3-7-20(18-19)35-17-5-14-33-35/h1-18,28H,(H,31,32)(H,34,36). The van der Waals surface area contributed by atoms with Gasteiger partial charge in [0, 0.05) is 30.2 Å². The lowest BCUT2D eigenvalue weighted by atomic mass is 9.94. The molecule has 6 nitrogen and oxygen atoms in total. The molecule has 1 aliphatic carbocycles. The molecule has 0 spiro atoms. The number of carbonyl (C=O) groups is 1. The molecule has 0 bridgehead atoms. The van der Waals surface area contributed by atoms with Gasteiger partial charge in [-0.1, -0.05) is 54.6 Å². The number of hydrogen-bond acceptors (Lipinski definition) is 3. The number of nitrogens with one attached hydrogen (secondary N) is 2. The van der Waals surface area contributed by atoms with E-state index in [-0.39, 0.29) is 11.9 Å². The van der Waals surface area contributed by atoms with Crippen LogP contribution in [0.15, 0.2) is 110 Å². The summed E-state index contributed by atoms with van der Waals surface area (Å²) >= 11 is 0. The molecule has 3 aromatic carbocycles. The molecule has 2 N–H and O–H groups in total. The first-order valence-electron chi connectivity index (χ1n) is 11.8. The average molecular weight is 468 g/mol. The van der Waals surface area contributed by atoms with Gasteiger partial charge in [0.05, 0.1) is 17.3 Å². The zero-order chi connectivity index (χ0) is 24.1. The quantitative estimate of drug-likeness (QED) is 0.338. The molecule has 6 heteroatoms.